The molecule has 0 aliphatic carbocycles. The molecule has 5 nitrogen and oxygen atoms in total. The molecule has 1 aliphatic rings. The van der Waals surface area contributed by atoms with Crippen molar-refractivity contribution < 1.29 is 9.53 Å². The maximum absolute atomic E-state index is 11.9. The smallest absolute Gasteiger partial charge is 0.222 e. The second-order valence-corrected chi connectivity index (χ2v) is 5.25. The zero-order valence-electron chi connectivity index (χ0n) is 12.0. The van der Waals surface area contributed by atoms with Crippen molar-refractivity contribution in [3.05, 3.63) is 17.0 Å². The van der Waals surface area contributed by atoms with E-state index in [-0.39, 0.29) is 11.9 Å². The van der Waals surface area contributed by atoms with E-state index in [1.807, 2.05) is 18.5 Å². The van der Waals surface area contributed by atoms with Gasteiger partial charge in [-0.05, 0) is 39.2 Å². The van der Waals surface area contributed by atoms with E-state index in [0.717, 1.165) is 30.8 Å². The number of rotatable bonds is 4. The molecule has 5 heteroatoms. The van der Waals surface area contributed by atoms with Crippen molar-refractivity contribution in [1.29, 1.82) is 0 Å². The molecular weight excluding hydrogens is 242 g/mol. The van der Waals surface area contributed by atoms with Gasteiger partial charge in [0, 0.05) is 25.3 Å². The lowest BCUT2D eigenvalue weighted by atomic mass is 10.1. The molecule has 2 rings (SSSR count). The van der Waals surface area contributed by atoms with Crippen LogP contribution in [0.4, 0.5) is 0 Å². The molecule has 0 aromatic carbocycles. The van der Waals surface area contributed by atoms with Gasteiger partial charge in [0.1, 0.15) is 0 Å². The SMILES string of the molecule is Cc1nn(CCC(=O)NC2CCCOC2)c(C)c1C. The molecule has 2 heterocycles. The minimum absolute atomic E-state index is 0.0840. The van der Waals surface area contributed by atoms with Gasteiger partial charge in [-0.25, -0.2) is 0 Å². The number of ether oxygens (including phenoxy) is 1. The lowest BCUT2D eigenvalue weighted by Crippen LogP contribution is -2.40. The summed E-state index contributed by atoms with van der Waals surface area (Å²) in [6.45, 7) is 8.20. The number of aryl methyl sites for hydroxylation is 2. The highest BCUT2D eigenvalue weighted by Crippen LogP contribution is 2.11. The van der Waals surface area contributed by atoms with Crippen LogP contribution in [0, 0.1) is 20.8 Å². The fraction of sp³-hybridized carbons (Fsp3) is 0.714. The van der Waals surface area contributed by atoms with E-state index in [9.17, 15) is 4.79 Å². The van der Waals surface area contributed by atoms with Crippen molar-refractivity contribution in [2.24, 2.45) is 0 Å². The molecule has 1 aliphatic heterocycles. The Balaban J connectivity index is 1.81. The van der Waals surface area contributed by atoms with Crippen LogP contribution in [-0.4, -0.2) is 34.9 Å². The highest BCUT2D eigenvalue weighted by molar-refractivity contribution is 5.76. The summed E-state index contributed by atoms with van der Waals surface area (Å²) in [7, 11) is 0. The van der Waals surface area contributed by atoms with E-state index in [2.05, 4.69) is 17.3 Å². The second-order valence-electron chi connectivity index (χ2n) is 5.25. The summed E-state index contributed by atoms with van der Waals surface area (Å²) >= 11 is 0. The Morgan fingerprint density at radius 3 is 2.84 bits per heavy atom. The molecule has 1 aromatic rings. The fourth-order valence-corrected chi connectivity index (χ4v) is 2.37. The lowest BCUT2D eigenvalue weighted by Gasteiger charge is -2.23. The predicted molar refractivity (Wildman–Crippen MR) is 73.0 cm³/mol. The predicted octanol–water partition coefficient (Wildman–Crippen LogP) is 1.49. The van der Waals surface area contributed by atoms with Crippen molar-refractivity contribution in [1.82, 2.24) is 15.1 Å². The summed E-state index contributed by atoms with van der Waals surface area (Å²) in [5.41, 5.74) is 3.39. The highest BCUT2D eigenvalue weighted by Gasteiger charge is 2.16. The van der Waals surface area contributed by atoms with E-state index in [0.29, 0.717) is 19.6 Å². The number of hydrogen-bond acceptors (Lipinski definition) is 3. The van der Waals surface area contributed by atoms with Gasteiger partial charge in [-0.2, -0.15) is 5.10 Å². The minimum atomic E-state index is 0.0840. The Morgan fingerprint density at radius 2 is 2.26 bits per heavy atom. The molecule has 1 fully saturated rings. The average molecular weight is 265 g/mol. The first-order valence-corrected chi connectivity index (χ1v) is 6.95. The number of hydrogen-bond donors (Lipinski definition) is 1. The molecule has 1 amide bonds. The molecule has 0 bridgehead atoms. The van der Waals surface area contributed by atoms with Crippen LogP contribution in [0.5, 0.6) is 0 Å². The van der Waals surface area contributed by atoms with Gasteiger partial charge >= 0.3 is 0 Å². The standard InChI is InChI=1S/C14H23N3O2/c1-10-11(2)16-17(12(10)3)7-6-14(18)15-13-5-4-8-19-9-13/h13H,4-9H2,1-3H3,(H,15,18). The molecule has 1 aromatic heterocycles. The molecular formula is C14H23N3O2. The molecule has 1 N–H and O–H groups in total. The molecule has 0 saturated carbocycles. The van der Waals surface area contributed by atoms with Crippen molar-refractivity contribution in [2.45, 2.75) is 52.6 Å². The third-order valence-electron chi connectivity index (χ3n) is 3.82. The monoisotopic (exact) mass is 265 g/mol. The van der Waals surface area contributed by atoms with E-state index in [4.69, 9.17) is 4.74 Å². The van der Waals surface area contributed by atoms with Crippen LogP contribution in [0.25, 0.3) is 0 Å². The fourth-order valence-electron chi connectivity index (χ4n) is 2.37. The molecule has 0 spiro atoms. The summed E-state index contributed by atoms with van der Waals surface area (Å²) in [5, 5.41) is 7.47. The topological polar surface area (TPSA) is 56.2 Å². The zero-order valence-corrected chi connectivity index (χ0v) is 12.0. The van der Waals surface area contributed by atoms with Crippen molar-refractivity contribution in [3.8, 4) is 0 Å². The molecule has 19 heavy (non-hydrogen) atoms. The number of carbonyl (C=O) groups excluding carboxylic acids is 1. The van der Waals surface area contributed by atoms with Crippen LogP contribution in [0.2, 0.25) is 0 Å². The first kappa shape index (κ1) is 14.1. The maximum atomic E-state index is 11.9. The van der Waals surface area contributed by atoms with Crippen LogP contribution in [0.1, 0.15) is 36.2 Å². The summed E-state index contributed by atoms with van der Waals surface area (Å²) in [4.78, 5) is 11.9. The third-order valence-corrected chi connectivity index (χ3v) is 3.82. The first-order chi connectivity index (χ1) is 9.08. The summed E-state index contributed by atoms with van der Waals surface area (Å²) in [6.07, 6.45) is 2.52. The van der Waals surface area contributed by atoms with Gasteiger partial charge in [-0.3, -0.25) is 9.48 Å². The lowest BCUT2D eigenvalue weighted by molar-refractivity contribution is -0.123. The molecule has 1 unspecified atom stereocenters. The van der Waals surface area contributed by atoms with Crippen molar-refractivity contribution >= 4 is 5.91 Å². The third kappa shape index (κ3) is 3.56. The van der Waals surface area contributed by atoms with E-state index in [1.54, 1.807) is 0 Å². The van der Waals surface area contributed by atoms with Crippen LogP contribution < -0.4 is 5.32 Å². The number of nitrogens with one attached hydrogen (secondary N) is 1. The molecule has 106 valence electrons. The van der Waals surface area contributed by atoms with Gasteiger partial charge in [0.25, 0.3) is 0 Å². The van der Waals surface area contributed by atoms with Crippen LogP contribution in [0.3, 0.4) is 0 Å². The number of nitrogens with zero attached hydrogens (tertiary/aromatic N) is 2. The first-order valence-electron chi connectivity index (χ1n) is 6.95. The Hall–Kier alpha value is -1.36. The van der Waals surface area contributed by atoms with E-state index in [1.165, 1.54) is 5.56 Å². The van der Waals surface area contributed by atoms with Crippen LogP contribution >= 0.6 is 0 Å². The van der Waals surface area contributed by atoms with Crippen LogP contribution in [0.15, 0.2) is 0 Å². The normalized spacial score (nSPS) is 19.4. The molecule has 1 atom stereocenters. The summed E-state index contributed by atoms with van der Waals surface area (Å²) in [5.74, 6) is 0.0840. The number of amides is 1. The molecule has 1 saturated heterocycles. The van der Waals surface area contributed by atoms with Gasteiger partial charge in [-0.1, -0.05) is 0 Å². The Kier molecular flexibility index (Phi) is 4.58. The van der Waals surface area contributed by atoms with E-state index < -0.39 is 0 Å². The Morgan fingerprint density at radius 1 is 1.47 bits per heavy atom. The Bertz CT molecular complexity index is 448. The highest BCUT2D eigenvalue weighted by atomic mass is 16.5. The quantitative estimate of drug-likeness (QED) is 0.897. The van der Waals surface area contributed by atoms with Crippen LogP contribution in [-0.2, 0) is 16.1 Å². The van der Waals surface area contributed by atoms with Gasteiger partial charge in [0.05, 0.1) is 18.3 Å². The largest absolute Gasteiger partial charge is 0.379 e. The Labute approximate surface area is 114 Å². The van der Waals surface area contributed by atoms with Gasteiger partial charge < -0.3 is 10.1 Å². The summed E-state index contributed by atoms with van der Waals surface area (Å²) in [6, 6.07) is 0.184. The minimum Gasteiger partial charge on any atom is -0.379 e. The van der Waals surface area contributed by atoms with Gasteiger partial charge in [0.2, 0.25) is 5.91 Å². The maximum Gasteiger partial charge on any atom is 0.222 e. The second kappa shape index (κ2) is 6.19. The van der Waals surface area contributed by atoms with Crippen molar-refractivity contribution in [3.63, 3.8) is 0 Å². The van der Waals surface area contributed by atoms with Gasteiger partial charge in [0.15, 0.2) is 0 Å². The van der Waals surface area contributed by atoms with Crippen molar-refractivity contribution in [2.75, 3.05) is 13.2 Å². The summed E-state index contributed by atoms with van der Waals surface area (Å²) < 4.78 is 7.27. The average Bonchev–Trinajstić information content (AvgIpc) is 2.65. The number of aromatic nitrogens is 2. The zero-order chi connectivity index (χ0) is 13.8. The van der Waals surface area contributed by atoms with Gasteiger partial charge in [-0.15, -0.1) is 0 Å². The molecule has 0 radical (unpaired) electrons. The van der Waals surface area contributed by atoms with E-state index >= 15 is 0 Å². The number of carbonyl (C=O) groups is 1.